The normalized spacial score (nSPS) is 18.3. The van der Waals surface area contributed by atoms with Crippen LogP contribution in [0.2, 0.25) is 0 Å². The molecule has 0 radical (unpaired) electrons. The zero-order valence-electron chi connectivity index (χ0n) is 9.69. The summed E-state index contributed by atoms with van der Waals surface area (Å²) in [6.45, 7) is 4.30. The average molecular weight is 234 g/mol. The maximum Gasteiger partial charge on any atom is 0.341 e. The number of carbonyl (C=O) groups is 2. The summed E-state index contributed by atoms with van der Waals surface area (Å²) >= 11 is 0. The second-order valence-corrected chi connectivity index (χ2v) is 3.45. The fourth-order valence-electron chi connectivity index (χ4n) is 1.48. The van der Waals surface area contributed by atoms with Gasteiger partial charge in [0.15, 0.2) is 0 Å². The molecule has 0 aromatic heterocycles. The molecular formula is C10H18O6. The molecule has 6 nitrogen and oxygen atoms in total. The van der Waals surface area contributed by atoms with Crippen molar-refractivity contribution in [3.63, 3.8) is 0 Å². The van der Waals surface area contributed by atoms with E-state index in [4.69, 9.17) is 5.11 Å². The van der Waals surface area contributed by atoms with Crippen molar-refractivity contribution in [2.75, 3.05) is 6.61 Å². The van der Waals surface area contributed by atoms with Crippen LogP contribution in [0.1, 0.15) is 33.6 Å². The summed E-state index contributed by atoms with van der Waals surface area (Å²) in [5.41, 5.74) is -4.96. The van der Waals surface area contributed by atoms with Crippen LogP contribution >= 0.6 is 0 Å². The fraction of sp³-hybridized carbons (Fsp3) is 0.800. The number of carbonyl (C=O) groups excluding carboxylic acids is 1. The van der Waals surface area contributed by atoms with Crippen molar-refractivity contribution < 1.29 is 29.6 Å². The van der Waals surface area contributed by atoms with Crippen LogP contribution in [0.3, 0.4) is 0 Å². The van der Waals surface area contributed by atoms with Gasteiger partial charge in [-0.1, -0.05) is 13.8 Å². The van der Waals surface area contributed by atoms with Crippen LogP contribution in [0.15, 0.2) is 0 Å². The van der Waals surface area contributed by atoms with Crippen molar-refractivity contribution in [2.24, 2.45) is 0 Å². The molecule has 3 N–H and O–H groups in total. The Labute approximate surface area is 93.8 Å². The lowest BCUT2D eigenvalue weighted by atomic mass is 9.78. The molecule has 0 aliphatic heterocycles. The number of carboxylic acid groups (broad SMARTS) is 1. The lowest BCUT2D eigenvalue weighted by Crippen LogP contribution is -2.63. The van der Waals surface area contributed by atoms with E-state index in [0.717, 1.165) is 0 Å². The van der Waals surface area contributed by atoms with Gasteiger partial charge in [0.1, 0.15) is 0 Å². The Morgan fingerprint density at radius 1 is 1.06 bits per heavy atom. The van der Waals surface area contributed by atoms with Gasteiger partial charge >= 0.3 is 11.9 Å². The van der Waals surface area contributed by atoms with Crippen molar-refractivity contribution in [1.82, 2.24) is 0 Å². The highest BCUT2D eigenvalue weighted by Crippen LogP contribution is 2.31. The average Bonchev–Trinajstić information content (AvgIpc) is 2.26. The van der Waals surface area contributed by atoms with Crippen molar-refractivity contribution in [3.8, 4) is 0 Å². The number of esters is 1. The quantitative estimate of drug-likeness (QED) is 0.555. The molecule has 0 aliphatic carbocycles. The van der Waals surface area contributed by atoms with Gasteiger partial charge in [-0.05, 0) is 19.8 Å². The minimum Gasteiger partial charge on any atom is -0.479 e. The van der Waals surface area contributed by atoms with Crippen LogP contribution in [0.25, 0.3) is 0 Å². The predicted molar refractivity (Wildman–Crippen MR) is 54.8 cm³/mol. The molecule has 2 unspecified atom stereocenters. The first kappa shape index (κ1) is 14.9. The third kappa shape index (κ3) is 2.17. The Hall–Kier alpha value is -1.14. The van der Waals surface area contributed by atoms with Gasteiger partial charge in [-0.15, -0.1) is 0 Å². The van der Waals surface area contributed by atoms with E-state index in [-0.39, 0.29) is 19.4 Å². The molecule has 0 heterocycles. The second kappa shape index (κ2) is 5.27. The molecule has 0 spiro atoms. The van der Waals surface area contributed by atoms with Crippen molar-refractivity contribution >= 4 is 11.9 Å². The third-order valence-electron chi connectivity index (χ3n) is 2.67. The fourth-order valence-corrected chi connectivity index (χ4v) is 1.48. The van der Waals surface area contributed by atoms with Gasteiger partial charge in [0, 0.05) is 0 Å². The molecule has 0 aromatic rings. The van der Waals surface area contributed by atoms with E-state index >= 15 is 0 Å². The van der Waals surface area contributed by atoms with Gasteiger partial charge in [0.2, 0.25) is 11.2 Å². The van der Waals surface area contributed by atoms with Gasteiger partial charge in [-0.25, -0.2) is 9.59 Å². The number of hydrogen-bond donors (Lipinski definition) is 3. The lowest BCUT2D eigenvalue weighted by Gasteiger charge is -2.36. The Kier molecular flexibility index (Phi) is 4.89. The van der Waals surface area contributed by atoms with E-state index < -0.39 is 23.1 Å². The highest BCUT2D eigenvalue weighted by atomic mass is 16.6. The summed E-state index contributed by atoms with van der Waals surface area (Å²) in [5.74, 6) is -2.77. The molecule has 0 aromatic carbocycles. The standard InChI is InChI=1S/C10H18O6/c1-4-9(14,7(11)12)10(15,5-2)8(13)16-6-3/h14-15H,4-6H2,1-3H3,(H,11,12). The number of hydrogen-bond acceptors (Lipinski definition) is 5. The number of carboxylic acids is 1. The van der Waals surface area contributed by atoms with Gasteiger partial charge in [-0.3, -0.25) is 0 Å². The first-order valence-corrected chi connectivity index (χ1v) is 5.15. The van der Waals surface area contributed by atoms with Crippen molar-refractivity contribution in [1.29, 1.82) is 0 Å². The highest BCUT2D eigenvalue weighted by Gasteiger charge is 2.59. The molecule has 0 fully saturated rings. The van der Waals surface area contributed by atoms with Crippen LogP contribution < -0.4 is 0 Å². The maximum atomic E-state index is 11.5. The topological polar surface area (TPSA) is 104 Å². The molecule has 6 heteroatoms. The van der Waals surface area contributed by atoms with E-state index in [1.165, 1.54) is 20.8 Å². The summed E-state index contributed by atoms with van der Waals surface area (Å²) in [7, 11) is 0. The first-order chi connectivity index (χ1) is 7.30. The molecule has 0 bridgehead atoms. The molecule has 0 saturated heterocycles. The largest absolute Gasteiger partial charge is 0.479 e. The summed E-state index contributed by atoms with van der Waals surface area (Å²) in [4.78, 5) is 22.5. The predicted octanol–water partition coefficient (Wildman–Crippen LogP) is -0.0837. The van der Waals surface area contributed by atoms with Crippen LogP contribution in [-0.2, 0) is 14.3 Å². The Balaban J connectivity index is 5.36. The number of aliphatic carboxylic acids is 1. The van der Waals surface area contributed by atoms with Gasteiger partial charge in [0.25, 0.3) is 0 Å². The van der Waals surface area contributed by atoms with Gasteiger partial charge in [0.05, 0.1) is 6.61 Å². The van der Waals surface area contributed by atoms with E-state index in [2.05, 4.69) is 4.74 Å². The third-order valence-corrected chi connectivity index (χ3v) is 2.67. The Morgan fingerprint density at radius 2 is 1.50 bits per heavy atom. The van der Waals surface area contributed by atoms with E-state index in [9.17, 15) is 19.8 Å². The van der Waals surface area contributed by atoms with Crippen LogP contribution in [0, 0.1) is 0 Å². The Bertz CT molecular complexity index is 276. The van der Waals surface area contributed by atoms with E-state index in [1.807, 2.05) is 0 Å². The molecule has 0 rings (SSSR count). The molecular weight excluding hydrogens is 216 g/mol. The number of aliphatic hydroxyl groups is 2. The summed E-state index contributed by atoms with van der Waals surface area (Å²) in [5, 5.41) is 28.8. The molecule has 16 heavy (non-hydrogen) atoms. The van der Waals surface area contributed by atoms with Crippen LogP contribution in [-0.4, -0.2) is 45.1 Å². The minimum absolute atomic E-state index is 0.000552. The smallest absolute Gasteiger partial charge is 0.341 e. The monoisotopic (exact) mass is 234 g/mol. The van der Waals surface area contributed by atoms with Gasteiger partial charge in [-0.2, -0.15) is 0 Å². The summed E-state index contributed by atoms with van der Waals surface area (Å²) in [6.07, 6.45) is -0.548. The zero-order valence-corrected chi connectivity index (χ0v) is 9.69. The summed E-state index contributed by atoms with van der Waals surface area (Å²) in [6, 6.07) is 0. The van der Waals surface area contributed by atoms with Crippen LogP contribution in [0.5, 0.6) is 0 Å². The van der Waals surface area contributed by atoms with Gasteiger partial charge < -0.3 is 20.1 Å². The number of rotatable bonds is 6. The molecule has 2 atom stereocenters. The first-order valence-electron chi connectivity index (χ1n) is 5.15. The highest BCUT2D eigenvalue weighted by molar-refractivity contribution is 5.91. The number of ether oxygens (including phenoxy) is 1. The molecule has 94 valence electrons. The van der Waals surface area contributed by atoms with E-state index in [0.29, 0.717) is 0 Å². The lowest BCUT2D eigenvalue weighted by molar-refractivity contribution is -0.211. The second-order valence-electron chi connectivity index (χ2n) is 3.45. The molecule has 0 amide bonds. The van der Waals surface area contributed by atoms with E-state index in [1.54, 1.807) is 0 Å². The zero-order chi connectivity index (χ0) is 13.0. The molecule has 0 aliphatic rings. The van der Waals surface area contributed by atoms with Crippen LogP contribution in [0.4, 0.5) is 0 Å². The summed E-state index contributed by atoms with van der Waals surface area (Å²) < 4.78 is 4.58. The SMILES string of the molecule is CCOC(=O)C(O)(CC)C(O)(CC)C(=O)O. The van der Waals surface area contributed by atoms with Crippen molar-refractivity contribution in [2.45, 2.75) is 44.8 Å². The molecule has 0 saturated carbocycles. The maximum absolute atomic E-state index is 11.5. The Morgan fingerprint density at radius 3 is 1.75 bits per heavy atom. The van der Waals surface area contributed by atoms with Crippen molar-refractivity contribution in [3.05, 3.63) is 0 Å². The minimum atomic E-state index is -2.53.